The van der Waals surface area contributed by atoms with Crippen LogP contribution in [0, 0.1) is 6.92 Å². The molecule has 196 valence electrons. The Bertz CT molecular complexity index is 1390. The van der Waals surface area contributed by atoms with E-state index in [4.69, 9.17) is 19.3 Å². The fraction of sp³-hybridized carbons (Fsp3) is 0.290. The minimum atomic E-state index is -0.0937. The highest BCUT2D eigenvalue weighted by Gasteiger charge is 2.28. The Morgan fingerprint density at radius 3 is 2.58 bits per heavy atom. The van der Waals surface area contributed by atoms with Crippen LogP contribution in [0.1, 0.15) is 34.3 Å². The van der Waals surface area contributed by atoms with Gasteiger partial charge in [0.15, 0.2) is 0 Å². The second-order valence-electron chi connectivity index (χ2n) is 9.59. The van der Waals surface area contributed by atoms with Crippen LogP contribution in [0.3, 0.4) is 0 Å². The number of aryl methyl sites for hydroxylation is 2. The summed E-state index contributed by atoms with van der Waals surface area (Å²) in [6.07, 6.45) is 1.91. The van der Waals surface area contributed by atoms with E-state index in [0.717, 1.165) is 47.6 Å². The number of amides is 1. The SMILES string of the molecule is COc1cccc(C(=O)N(Cc2c(-c3ccccc3)nn(C)c2Oc2cccc(C)c2)C[C@H]2CCCO2)c1. The molecule has 1 amide bonds. The molecule has 0 saturated carbocycles. The maximum atomic E-state index is 13.9. The smallest absolute Gasteiger partial charge is 0.254 e. The molecular formula is C31H33N3O4. The molecule has 1 aromatic heterocycles. The fourth-order valence-electron chi connectivity index (χ4n) is 4.82. The zero-order chi connectivity index (χ0) is 26.5. The molecule has 7 heteroatoms. The van der Waals surface area contributed by atoms with Crippen LogP contribution in [-0.4, -0.2) is 47.0 Å². The van der Waals surface area contributed by atoms with Crippen LogP contribution in [0.2, 0.25) is 0 Å². The third-order valence-electron chi connectivity index (χ3n) is 6.74. The first-order valence-electron chi connectivity index (χ1n) is 12.9. The molecule has 1 fully saturated rings. The third kappa shape index (κ3) is 5.73. The normalized spacial score (nSPS) is 14.9. The summed E-state index contributed by atoms with van der Waals surface area (Å²) in [6.45, 7) is 3.54. The van der Waals surface area contributed by atoms with Gasteiger partial charge in [-0.1, -0.05) is 48.5 Å². The Hall–Kier alpha value is -4.10. The van der Waals surface area contributed by atoms with Gasteiger partial charge in [0, 0.05) is 31.3 Å². The predicted octanol–water partition coefficient (Wildman–Crippen LogP) is 6.02. The fourth-order valence-corrected chi connectivity index (χ4v) is 4.82. The van der Waals surface area contributed by atoms with Crippen LogP contribution in [0.25, 0.3) is 11.3 Å². The van der Waals surface area contributed by atoms with Gasteiger partial charge in [0.25, 0.3) is 5.91 Å². The Morgan fingerprint density at radius 2 is 1.84 bits per heavy atom. The number of methoxy groups -OCH3 is 1. The zero-order valence-corrected chi connectivity index (χ0v) is 22.1. The Kier molecular flexibility index (Phi) is 7.75. The Morgan fingerprint density at radius 1 is 1.05 bits per heavy atom. The van der Waals surface area contributed by atoms with Gasteiger partial charge in [-0.3, -0.25) is 4.79 Å². The summed E-state index contributed by atoms with van der Waals surface area (Å²) >= 11 is 0. The van der Waals surface area contributed by atoms with Crippen molar-refractivity contribution in [2.45, 2.75) is 32.4 Å². The molecule has 38 heavy (non-hydrogen) atoms. The summed E-state index contributed by atoms with van der Waals surface area (Å²) in [5.74, 6) is 1.87. The molecule has 1 saturated heterocycles. The van der Waals surface area contributed by atoms with Gasteiger partial charge in [0.05, 0.1) is 25.3 Å². The zero-order valence-electron chi connectivity index (χ0n) is 22.1. The number of nitrogens with zero attached hydrogens (tertiary/aromatic N) is 3. The number of carbonyl (C=O) groups is 1. The number of rotatable bonds is 9. The van der Waals surface area contributed by atoms with Crippen LogP contribution in [0.4, 0.5) is 0 Å². The van der Waals surface area contributed by atoms with E-state index >= 15 is 0 Å². The topological polar surface area (TPSA) is 65.8 Å². The standard InChI is InChI=1S/C31H33N3O4/c1-22-10-7-15-26(18-22)38-31-28(29(32-33(31)2)23-11-5-4-6-12-23)21-34(20-27-16-9-17-37-27)30(35)24-13-8-14-25(19-24)36-3/h4-8,10-15,18-19,27H,9,16-17,20-21H2,1-3H3/t27-/m1/s1. The van der Waals surface area contributed by atoms with Crippen molar-refractivity contribution in [3.05, 3.63) is 95.6 Å². The van der Waals surface area contributed by atoms with E-state index in [0.29, 0.717) is 30.3 Å². The van der Waals surface area contributed by atoms with Gasteiger partial charge in [-0.2, -0.15) is 5.10 Å². The lowest BCUT2D eigenvalue weighted by molar-refractivity contribution is 0.0506. The Balaban J connectivity index is 1.56. The number of hydrogen-bond donors (Lipinski definition) is 0. The van der Waals surface area contributed by atoms with Crippen molar-refractivity contribution in [1.82, 2.24) is 14.7 Å². The first kappa shape index (κ1) is 25.5. The van der Waals surface area contributed by atoms with Crippen molar-refractivity contribution in [2.75, 3.05) is 20.3 Å². The molecule has 0 unspecified atom stereocenters. The van der Waals surface area contributed by atoms with Crippen molar-refractivity contribution in [3.8, 4) is 28.6 Å². The number of carbonyl (C=O) groups excluding carboxylic acids is 1. The molecule has 5 rings (SSSR count). The molecule has 7 nitrogen and oxygen atoms in total. The first-order valence-corrected chi connectivity index (χ1v) is 12.9. The second kappa shape index (κ2) is 11.5. The number of ether oxygens (including phenoxy) is 3. The van der Waals surface area contributed by atoms with Gasteiger partial charge in [-0.25, -0.2) is 4.68 Å². The summed E-state index contributed by atoms with van der Waals surface area (Å²) in [7, 11) is 3.47. The van der Waals surface area contributed by atoms with Crippen molar-refractivity contribution < 1.29 is 19.0 Å². The average molecular weight is 512 g/mol. The van der Waals surface area contributed by atoms with Crippen LogP contribution >= 0.6 is 0 Å². The Labute approximate surface area is 223 Å². The second-order valence-corrected chi connectivity index (χ2v) is 9.59. The van der Waals surface area contributed by atoms with Crippen LogP contribution in [-0.2, 0) is 18.3 Å². The largest absolute Gasteiger partial charge is 0.497 e. The molecule has 1 aliphatic rings. The maximum absolute atomic E-state index is 13.9. The third-order valence-corrected chi connectivity index (χ3v) is 6.74. The highest BCUT2D eigenvalue weighted by Crippen LogP contribution is 2.35. The average Bonchev–Trinajstić information content (AvgIpc) is 3.56. The predicted molar refractivity (Wildman–Crippen MR) is 147 cm³/mol. The lowest BCUT2D eigenvalue weighted by Crippen LogP contribution is -2.37. The highest BCUT2D eigenvalue weighted by atomic mass is 16.5. The van der Waals surface area contributed by atoms with Crippen molar-refractivity contribution in [1.29, 1.82) is 0 Å². The van der Waals surface area contributed by atoms with Crippen LogP contribution < -0.4 is 9.47 Å². The molecular weight excluding hydrogens is 478 g/mol. The lowest BCUT2D eigenvalue weighted by Gasteiger charge is -2.26. The maximum Gasteiger partial charge on any atom is 0.254 e. The number of aromatic nitrogens is 2. The van der Waals surface area contributed by atoms with Crippen molar-refractivity contribution in [2.24, 2.45) is 7.05 Å². The van der Waals surface area contributed by atoms with E-state index in [-0.39, 0.29) is 12.0 Å². The molecule has 0 radical (unpaired) electrons. The van der Waals surface area contributed by atoms with E-state index in [1.54, 1.807) is 17.9 Å². The van der Waals surface area contributed by atoms with E-state index in [9.17, 15) is 4.79 Å². The lowest BCUT2D eigenvalue weighted by atomic mass is 10.1. The van der Waals surface area contributed by atoms with Gasteiger partial charge in [0.2, 0.25) is 5.88 Å². The first-order chi connectivity index (χ1) is 18.5. The summed E-state index contributed by atoms with van der Waals surface area (Å²) in [4.78, 5) is 15.8. The van der Waals surface area contributed by atoms with E-state index in [1.807, 2.05) is 91.7 Å². The molecule has 2 heterocycles. The summed E-state index contributed by atoms with van der Waals surface area (Å²) in [5, 5.41) is 4.85. The monoisotopic (exact) mass is 511 g/mol. The van der Waals surface area contributed by atoms with Gasteiger partial charge >= 0.3 is 0 Å². The molecule has 3 aromatic carbocycles. The molecule has 1 aliphatic heterocycles. The van der Waals surface area contributed by atoms with Gasteiger partial charge in [-0.15, -0.1) is 0 Å². The quantitative estimate of drug-likeness (QED) is 0.275. The molecule has 0 bridgehead atoms. The molecule has 1 atom stereocenters. The van der Waals surface area contributed by atoms with E-state index in [2.05, 4.69) is 0 Å². The summed E-state index contributed by atoms with van der Waals surface area (Å²) in [6, 6.07) is 25.2. The summed E-state index contributed by atoms with van der Waals surface area (Å²) in [5.41, 5.74) is 4.25. The minimum absolute atomic E-state index is 0.0115. The van der Waals surface area contributed by atoms with Crippen LogP contribution in [0.5, 0.6) is 17.4 Å². The van der Waals surface area contributed by atoms with Crippen molar-refractivity contribution >= 4 is 5.91 Å². The minimum Gasteiger partial charge on any atom is -0.497 e. The van der Waals surface area contributed by atoms with Gasteiger partial charge in [-0.05, 0) is 55.7 Å². The number of benzene rings is 3. The van der Waals surface area contributed by atoms with E-state index in [1.165, 1.54) is 0 Å². The number of hydrogen-bond acceptors (Lipinski definition) is 5. The van der Waals surface area contributed by atoms with Gasteiger partial charge < -0.3 is 19.1 Å². The highest BCUT2D eigenvalue weighted by molar-refractivity contribution is 5.94. The van der Waals surface area contributed by atoms with E-state index < -0.39 is 0 Å². The molecule has 0 N–H and O–H groups in total. The van der Waals surface area contributed by atoms with Crippen LogP contribution in [0.15, 0.2) is 78.9 Å². The molecule has 0 spiro atoms. The molecule has 4 aromatic rings. The van der Waals surface area contributed by atoms with Gasteiger partial charge in [0.1, 0.15) is 17.2 Å². The summed E-state index contributed by atoms with van der Waals surface area (Å²) < 4.78 is 19.5. The van der Waals surface area contributed by atoms with Crippen molar-refractivity contribution in [3.63, 3.8) is 0 Å². The molecule has 0 aliphatic carbocycles.